The van der Waals surface area contributed by atoms with E-state index in [2.05, 4.69) is 58.0 Å². The van der Waals surface area contributed by atoms with Crippen LogP contribution in [0.5, 0.6) is 0 Å². The summed E-state index contributed by atoms with van der Waals surface area (Å²) < 4.78 is 1.89. The van der Waals surface area contributed by atoms with Crippen molar-refractivity contribution >= 4 is 23.2 Å². The largest absolute Gasteiger partial charge is 0.258 e. The lowest BCUT2D eigenvalue weighted by Gasteiger charge is -2.40. The predicted molar refractivity (Wildman–Crippen MR) is 107 cm³/mol. The molecule has 1 saturated carbocycles. The maximum absolute atomic E-state index is 6.93. The molecule has 1 fully saturated rings. The molecule has 0 amide bonds. The number of nitrogens with zero attached hydrogens (tertiary/aromatic N) is 2. The topological polar surface area (TPSA) is 15.6 Å². The molecule has 1 aromatic rings. The van der Waals surface area contributed by atoms with Crippen LogP contribution in [0.3, 0.4) is 0 Å². The zero-order valence-electron chi connectivity index (χ0n) is 15.4. The summed E-state index contributed by atoms with van der Waals surface area (Å²) in [4.78, 5) is 5.06. The predicted octanol–water partition coefficient (Wildman–Crippen LogP) is 6.51. The molecule has 0 radical (unpaired) electrons. The van der Waals surface area contributed by atoms with Crippen LogP contribution in [0.25, 0.3) is 0 Å². The highest BCUT2D eigenvalue weighted by molar-refractivity contribution is 6.29. The van der Waals surface area contributed by atoms with Crippen LogP contribution >= 0.6 is 11.8 Å². The lowest BCUT2D eigenvalue weighted by Crippen LogP contribution is -2.31. The Morgan fingerprint density at radius 2 is 2.00 bits per heavy atom. The fourth-order valence-corrected chi connectivity index (χ4v) is 4.82. The van der Waals surface area contributed by atoms with E-state index in [1.54, 1.807) is 0 Å². The second-order valence-electron chi connectivity index (χ2n) is 7.52. The minimum absolute atomic E-state index is 0.237. The number of hydrogen-bond acceptors (Lipinski definition) is 2. The molecule has 2 aliphatic heterocycles. The van der Waals surface area contributed by atoms with E-state index in [1.807, 2.05) is 4.42 Å². The second kappa shape index (κ2) is 6.17. The van der Waals surface area contributed by atoms with Crippen molar-refractivity contribution in [2.24, 2.45) is 10.9 Å². The average molecular weight is 353 g/mol. The van der Waals surface area contributed by atoms with Crippen molar-refractivity contribution in [1.29, 1.82) is 0 Å². The minimum Gasteiger partial charge on any atom is -0.258 e. The monoisotopic (exact) mass is 352 g/mol. The average Bonchev–Trinajstić information content (AvgIpc) is 2.61. The quantitative estimate of drug-likeness (QED) is 0.486. The van der Waals surface area contributed by atoms with Crippen molar-refractivity contribution in [3.8, 4) is 0 Å². The van der Waals surface area contributed by atoms with E-state index in [1.165, 1.54) is 40.1 Å². The van der Waals surface area contributed by atoms with Gasteiger partial charge in [0.2, 0.25) is 0 Å². The van der Waals surface area contributed by atoms with Gasteiger partial charge in [0, 0.05) is 29.1 Å². The van der Waals surface area contributed by atoms with Gasteiger partial charge in [-0.1, -0.05) is 31.2 Å². The zero-order chi connectivity index (χ0) is 17.7. The molecule has 2 bridgehead atoms. The Bertz CT molecular complexity index is 857. The summed E-state index contributed by atoms with van der Waals surface area (Å²) in [6, 6.07) is 8.51. The first kappa shape index (κ1) is 16.7. The molecule has 2 unspecified atom stereocenters. The van der Waals surface area contributed by atoms with E-state index in [0.29, 0.717) is 5.92 Å². The highest BCUT2D eigenvalue weighted by atomic mass is 35.5. The molecule has 4 rings (SSSR count). The van der Waals surface area contributed by atoms with Gasteiger partial charge in [0.1, 0.15) is 0 Å². The number of fused-ring (bicyclic) bond motifs is 5. The van der Waals surface area contributed by atoms with Crippen molar-refractivity contribution in [2.75, 3.05) is 4.42 Å². The Labute approximate surface area is 155 Å². The normalized spacial score (nSPS) is 32.6. The van der Waals surface area contributed by atoms with Gasteiger partial charge in [-0.15, -0.1) is 0 Å². The van der Waals surface area contributed by atoms with Gasteiger partial charge in [-0.05, 0) is 74.3 Å². The number of benzene rings is 1. The Morgan fingerprint density at radius 3 is 2.76 bits per heavy atom. The van der Waals surface area contributed by atoms with Crippen LogP contribution < -0.4 is 4.42 Å². The fourth-order valence-electron chi connectivity index (χ4n) is 4.47. The van der Waals surface area contributed by atoms with Crippen molar-refractivity contribution in [3.63, 3.8) is 0 Å². The molecule has 3 aliphatic rings. The maximum atomic E-state index is 6.93. The molecule has 130 valence electrons. The number of hydrogen-bond donors (Lipinski definition) is 0. The third kappa shape index (κ3) is 2.50. The van der Waals surface area contributed by atoms with Crippen LogP contribution in [0.4, 0.5) is 5.69 Å². The number of rotatable bonds is 0. The summed E-state index contributed by atoms with van der Waals surface area (Å²) >= 11 is 6.93. The van der Waals surface area contributed by atoms with Gasteiger partial charge >= 0.3 is 0 Å². The van der Waals surface area contributed by atoms with Crippen LogP contribution in [-0.4, -0.2) is 5.71 Å². The molecule has 2 atom stereocenters. The first-order valence-corrected chi connectivity index (χ1v) is 9.56. The fraction of sp³-hybridized carbons (Fsp3) is 0.409. The van der Waals surface area contributed by atoms with E-state index in [0.717, 1.165) is 24.2 Å². The summed E-state index contributed by atoms with van der Waals surface area (Å²) in [6.07, 6.45) is 5.54. The lowest BCUT2D eigenvalue weighted by molar-refractivity contribution is 0.523. The van der Waals surface area contributed by atoms with Crippen molar-refractivity contribution < 1.29 is 0 Å². The molecule has 25 heavy (non-hydrogen) atoms. The third-order valence-corrected chi connectivity index (χ3v) is 6.27. The van der Waals surface area contributed by atoms with Gasteiger partial charge in [0.15, 0.2) is 0 Å². The molecule has 1 aromatic carbocycles. The van der Waals surface area contributed by atoms with E-state index in [9.17, 15) is 0 Å². The van der Waals surface area contributed by atoms with Crippen molar-refractivity contribution in [2.45, 2.75) is 52.9 Å². The van der Waals surface area contributed by atoms with Gasteiger partial charge < -0.3 is 0 Å². The van der Waals surface area contributed by atoms with Gasteiger partial charge in [0.05, 0.1) is 11.4 Å². The van der Waals surface area contributed by atoms with Crippen LogP contribution in [0.2, 0.25) is 0 Å². The molecular weight excluding hydrogens is 328 g/mol. The number of halogens is 1. The molecular formula is C22H25ClN2. The third-order valence-electron chi connectivity index (χ3n) is 5.92. The SMILES string of the molecule is C/C=C1C2=C3CC(C)CC/C3=N/C(C)=C(/C)C/1c1ccccc1N2Cl. The molecule has 0 saturated heterocycles. The van der Waals surface area contributed by atoms with E-state index in [-0.39, 0.29) is 5.92 Å². The molecule has 3 heteroatoms. The van der Waals surface area contributed by atoms with Crippen molar-refractivity contribution in [1.82, 2.24) is 0 Å². The van der Waals surface area contributed by atoms with E-state index < -0.39 is 0 Å². The molecule has 0 aromatic heterocycles. The smallest absolute Gasteiger partial charge is 0.0670 e. The highest BCUT2D eigenvalue weighted by Gasteiger charge is 2.38. The van der Waals surface area contributed by atoms with Crippen LogP contribution in [0.1, 0.15) is 58.4 Å². The Balaban J connectivity index is 2.09. The van der Waals surface area contributed by atoms with E-state index >= 15 is 0 Å². The van der Waals surface area contributed by atoms with Gasteiger partial charge in [-0.3, -0.25) is 9.41 Å². The van der Waals surface area contributed by atoms with Gasteiger partial charge in [-0.2, -0.15) is 0 Å². The molecule has 2 heterocycles. The Kier molecular flexibility index (Phi) is 4.11. The van der Waals surface area contributed by atoms with Crippen LogP contribution in [0, 0.1) is 5.92 Å². The summed E-state index contributed by atoms with van der Waals surface area (Å²) in [5.74, 6) is 0.909. The summed E-state index contributed by atoms with van der Waals surface area (Å²) in [7, 11) is 0. The van der Waals surface area contributed by atoms with Gasteiger partial charge in [0.25, 0.3) is 0 Å². The van der Waals surface area contributed by atoms with E-state index in [4.69, 9.17) is 16.8 Å². The minimum atomic E-state index is 0.237. The Hall–Kier alpha value is -1.80. The molecule has 0 N–H and O–H groups in total. The number of aliphatic imine (C=N–C) groups is 1. The summed E-state index contributed by atoms with van der Waals surface area (Å²) in [5, 5.41) is 0. The summed E-state index contributed by atoms with van der Waals surface area (Å²) in [5.41, 5.74) is 9.92. The lowest BCUT2D eigenvalue weighted by atomic mass is 9.74. The highest BCUT2D eigenvalue weighted by Crippen LogP contribution is 2.51. The second-order valence-corrected chi connectivity index (χ2v) is 7.86. The number of para-hydroxylation sites is 1. The summed E-state index contributed by atoms with van der Waals surface area (Å²) in [6.45, 7) is 8.85. The first-order valence-electron chi connectivity index (χ1n) is 9.22. The van der Waals surface area contributed by atoms with Crippen molar-refractivity contribution in [3.05, 3.63) is 64.0 Å². The standard InChI is InChI=1S/C22H25ClN2/c1-5-16-21-14(3)15(4)24-19-11-10-13(2)12-18(19)22(16)25(23)20-9-7-6-8-17(20)21/h5-9,13,21H,10-12H2,1-4H3/b15-14-,16-5+,22-18?,24-19-. The zero-order valence-corrected chi connectivity index (χ0v) is 16.2. The van der Waals surface area contributed by atoms with Gasteiger partial charge in [-0.25, -0.2) is 0 Å². The first-order chi connectivity index (χ1) is 12.0. The molecule has 0 spiro atoms. The molecule has 2 nitrogen and oxygen atoms in total. The number of anilines is 1. The van der Waals surface area contributed by atoms with Crippen LogP contribution in [-0.2, 0) is 0 Å². The van der Waals surface area contributed by atoms with Crippen LogP contribution in [0.15, 0.2) is 63.4 Å². The molecule has 1 aliphatic carbocycles. The maximum Gasteiger partial charge on any atom is 0.0670 e. The Morgan fingerprint density at radius 1 is 1.24 bits per heavy atom. The number of allylic oxidation sites excluding steroid dienone is 5.